The lowest BCUT2D eigenvalue weighted by atomic mass is 10.0. The van der Waals surface area contributed by atoms with Crippen LogP contribution in [-0.2, 0) is 54.2 Å². The number of nitrogens with one attached hydrogen (secondary N) is 2. The Kier molecular flexibility index (Phi) is 12.8. The average molecular weight is 643 g/mol. The van der Waals surface area contributed by atoms with E-state index in [1.54, 1.807) is 86.6 Å². The Bertz CT molecular complexity index is 1540. The number of benzene rings is 4. The van der Waals surface area contributed by atoms with E-state index >= 15 is 0 Å². The summed E-state index contributed by atoms with van der Waals surface area (Å²) in [6.45, 7) is 3.25. The first-order valence-corrected chi connectivity index (χ1v) is 16.6. The Morgan fingerprint density at radius 3 is 1.46 bits per heavy atom. The molecule has 0 spiro atoms. The molecule has 4 aromatic carbocycles. The van der Waals surface area contributed by atoms with Crippen LogP contribution in [0.4, 0.5) is 4.79 Å². The molecule has 1 unspecified atom stereocenters. The summed E-state index contributed by atoms with van der Waals surface area (Å²) >= 11 is 0. The van der Waals surface area contributed by atoms with Crippen molar-refractivity contribution >= 4 is 25.1 Å². The summed E-state index contributed by atoms with van der Waals surface area (Å²) in [5.74, 6) is -1.01. The molecule has 0 aliphatic rings. The third-order valence-corrected chi connectivity index (χ3v) is 8.88. The maximum atomic E-state index is 14.3. The number of rotatable bonds is 16. The maximum absolute atomic E-state index is 14.3. The van der Waals surface area contributed by atoms with Crippen LogP contribution in [0, 0.1) is 5.92 Å². The molecule has 0 aliphatic carbocycles. The van der Waals surface area contributed by atoms with Gasteiger partial charge in [0.2, 0.25) is 5.91 Å². The molecule has 2 atom stereocenters. The molecule has 2 N–H and O–H groups in total. The molecule has 0 bridgehead atoms. The highest BCUT2D eigenvalue weighted by atomic mass is 31.2. The average Bonchev–Trinajstić information content (AvgIpc) is 3.09. The Labute approximate surface area is 269 Å². The molecule has 0 aromatic heterocycles. The van der Waals surface area contributed by atoms with E-state index in [9.17, 15) is 18.9 Å². The van der Waals surface area contributed by atoms with E-state index in [1.807, 2.05) is 48.5 Å². The zero-order chi connectivity index (χ0) is 32.8. The number of carbonyl (C=O) groups is 3. The van der Waals surface area contributed by atoms with Crippen LogP contribution in [0.3, 0.4) is 0 Å². The molecule has 4 aromatic rings. The van der Waals surface area contributed by atoms with Crippen molar-refractivity contribution in [2.45, 2.75) is 52.2 Å². The van der Waals surface area contributed by atoms with Crippen molar-refractivity contribution in [1.29, 1.82) is 0 Å². The van der Waals surface area contributed by atoms with Gasteiger partial charge in [0.15, 0.2) is 0 Å². The molecule has 10 heteroatoms. The minimum absolute atomic E-state index is 0.0159. The van der Waals surface area contributed by atoms with Crippen molar-refractivity contribution in [2.24, 2.45) is 5.92 Å². The number of hydrogen-bond donors (Lipinski definition) is 2. The van der Waals surface area contributed by atoms with Crippen molar-refractivity contribution in [3.05, 3.63) is 144 Å². The van der Waals surface area contributed by atoms with E-state index < -0.39 is 37.2 Å². The molecule has 46 heavy (non-hydrogen) atoms. The third-order valence-electron chi connectivity index (χ3n) is 7.09. The van der Waals surface area contributed by atoms with Crippen LogP contribution >= 0.6 is 7.60 Å². The van der Waals surface area contributed by atoms with E-state index in [1.165, 1.54) is 0 Å². The first-order chi connectivity index (χ1) is 22.2. The van der Waals surface area contributed by atoms with Gasteiger partial charge < -0.3 is 15.4 Å². The van der Waals surface area contributed by atoms with Gasteiger partial charge >= 0.3 is 13.7 Å². The molecule has 240 valence electrons. The zero-order valence-electron chi connectivity index (χ0n) is 25.9. The minimum atomic E-state index is -4.48. The highest BCUT2D eigenvalue weighted by Gasteiger charge is 2.42. The van der Waals surface area contributed by atoms with Gasteiger partial charge in [0.25, 0.3) is 5.52 Å². The SMILES string of the molecule is CC(C)C(NC(=O)OCc1ccccc1)C(=O)N[C@H](Cc1ccccc1)C(=O)P(=O)(OCc1ccccc1)OCc1ccccc1. The number of amides is 2. The second-order valence-corrected chi connectivity index (χ2v) is 13.0. The normalized spacial score (nSPS) is 12.6. The quantitative estimate of drug-likeness (QED) is 0.129. The smallest absolute Gasteiger partial charge is 0.408 e. The van der Waals surface area contributed by atoms with Crippen LogP contribution in [-0.4, -0.2) is 29.6 Å². The molecule has 0 heterocycles. The van der Waals surface area contributed by atoms with Gasteiger partial charge in [-0.05, 0) is 28.2 Å². The Balaban J connectivity index is 1.55. The van der Waals surface area contributed by atoms with Gasteiger partial charge in [-0.2, -0.15) is 0 Å². The monoisotopic (exact) mass is 642 g/mol. The summed E-state index contributed by atoms with van der Waals surface area (Å²) in [6.07, 6.45) is -0.770. The van der Waals surface area contributed by atoms with Gasteiger partial charge in [-0.25, -0.2) is 4.79 Å². The van der Waals surface area contributed by atoms with Crippen LogP contribution < -0.4 is 10.6 Å². The predicted molar refractivity (Wildman–Crippen MR) is 176 cm³/mol. The molecule has 0 saturated heterocycles. The van der Waals surface area contributed by atoms with Crippen molar-refractivity contribution in [1.82, 2.24) is 10.6 Å². The fraction of sp³-hybridized carbons (Fsp3) is 0.250. The summed E-state index contributed by atoms with van der Waals surface area (Å²) in [4.78, 5) is 40.5. The van der Waals surface area contributed by atoms with Gasteiger partial charge in [-0.15, -0.1) is 0 Å². The fourth-order valence-electron chi connectivity index (χ4n) is 4.56. The van der Waals surface area contributed by atoms with E-state index in [0.29, 0.717) is 11.1 Å². The maximum Gasteiger partial charge on any atom is 0.408 e. The number of hydrogen-bond acceptors (Lipinski definition) is 7. The molecule has 0 fully saturated rings. The molecule has 2 amide bonds. The van der Waals surface area contributed by atoms with Gasteiger partial charge in [0.05, 0.1) is 13.2 Å². The predicted octanol–water partition coefficient (Wildman–Crippen LogP) is 6.82. The van der Waals surface area contributed by atoms with Crippen LogP contribution in [0.5, 0.6) is 0 Å². The van der Waals surface area contributed by atoms with Crippen LogP contribution in [0.25, 0.3) is 0 Å². The van der Waals surface area contributed by atoms with E-state index in [4.69, 9.17) is 13.8 Å². The molecular formula is C36H39N2O7P. The highest BCUT2D eigenvalue weighted by Crippen LogP contribution is 2.52. The molecule has 0 radical (unpaired) electrons. The largest absolute Gasteiger partial charge is 0.445 e. The number of carbonyl (C=O) groups excluding carboxylic acids is 3. The Hall–Kier alpha value is -4.56. The highest BCUT2D eigenvalue weighted by molar-refractivity contribution is 7.72. The molecule has 4 rings (SSSR count). The lowest BCUT2D eigenvalue weighted by Gasteiger charge is -2.27. The third kappa shape index (κ3) is 10.5. The summed E-state index contributed by atoms with van der Waals surface area (Å²) < 4.78 is 31.2. The summed E-state index contributed by atoms with van der Waals surface area (Å²) in [6, 6.07) is 33.9. The molecular weight excluding hydrogens is 603 g/mol. The van der Waals surface area contributed by atoms with Crippen LogP contribution in [0.1, 0.15) is 36.1 Å². The van der Waals surface area contributed by atoms with Crippen LogP contribution in [0.15, 0.2) is 121 Å². The second kappa shape index (κ2) is 17.2. The summed E-state index contributed by atoms with van der Waals surface area (Å²) in [7, 11) is -4.48. The lowest BCUT2D eigenvalue weighted by Crippen LogP contribution is -2.54. The number of alkyl carbamates (subject to hydrolysis) is 1. The summed E-state index contributed by atoms with van der Waals surface area (Å²) in [5.41, 5.74) is 2.00. The van der Waals surface area contributed by atoms with Gasteiger partial charge in [0, 0.05) is 6.42 Å². The minimum Gasteiger partial charge on any atom is -0.445 e. The topological polar surface area (TPSA) is 120 Å². The molecule has 0 aliphatic heterocycles. The fourth-order valence-corrected chi connectivity index (χ4v) is 6.07. The van der Waals surface area contributed by atoms with Crippen molar-refractivity contribution in [2.75, 3.05) is 0 Å². The molecule has 9 nitrogen and oxygen atoms in total. The van der Waals surface area contributed by atoms with E-state index in [0.717, 1.165) is 11.1 Å². The van der Waals surface area contributed by atoms with Crippen molar-refractivity contribution in [3.8, 4) is 0 Å². The Morgan fingerprint density at radius 1 is 0.609 bits per heavy atom. The first-order valence-electron chi connectivity index (χ1n) is 15.1. The lowest BCUT2D eigenvalue weighted by molar-refractivity contribution is -0.127. The Morgan fingerprint density at radius 2 is 1.02 bits per heavy atom. The van der Waals surface area contributed by atoms with E-state index in [-0.39, 0.29) is 32.2 Å². The zero-order valence-corrected chi connectivity index (χ0v) is 26.8. The summed E-state index contributed by atoms with van der Waals surface area (Å²) in [5, 5.41) is 5.35. The van der Waals surface area contributed by atoms with Crippen molar-refractivity contribution in [3.63, 3.8) is 0 Å². The number of ether oxygens (including phenoxy) is 1. The molecule has 0 saturated carbocycles. The van der Waals surface area contributed by atoms with Gasteiger partial charge in [-0.1, -0.05) is 135 Å². The van der Waals surface area contributed by atoms with Crippen LogP contribution in [0.2, 0.25) is 0 Å². The van der Waals surface area contributed by atoms with Gasteiger partial charge in [0.1, 0.15) is 18.7 Å². The van der Waals surface area contributed by atoms with E-state index in [2.05, 4.69) is 10.6 Å². The van der Waals surface area contributed by atoms with Gasteiger partial charge in [-0.3, -0.25) is 23.2 Å². The van der Waals surface area contributed by atoms with Crippen molar-refractivity contribution < 1.29 is 32.7 Å². The first kappa shape index (κ1) is 34.3. The standard InChI is InChI=1S/C36H39N2O7P/c1-27(2)33(38-36(41)43-24-29-17-9-4-10-18-29)34(39)37-32(23-28-15-7-3-8-16-28)35(40)46(42,44-25-30-19-11-5-12-20-30)45-26-31-21-13-6-14-22-31/h3-22,27,32-33H,23-26H2,1-2H3,(H,37,39)(H,38,41)/t32-,33?/m1/s1. The second-order valence-electron chi connectivity index (χ2n) is 11.0.